The molecule has 14 N–H and O–H groups in total. The molecule has 0 saturated carbocycles. The minimum Gasteiger partial charge on any atom is -0.394 e. The highest BCUT2D eigenvalue weighted by Crippen LogP contribution is 2.34. The molecule has 0 unspecified atom stereocenters. The number of amides is 3. The van der Waals surface area contributed by atoms with Gasteiger partial charge in [-0.25, -0.2) is 0 Å². The van der Waals surface area contributed by atoms with Gasteiger partial charge in [-0.1, -0.05) is 0 Å². The number of nitrogens with one attached hydrogen (secondary N) is 3. The van der Waals surface area contributed by atoms with Crippen molar-refractivity contribution in [3.8, 4) is 0 Å². The molecule has 0 spiro atoms. The molecule has 4 fully saturated rings. The Bertz CT molecular complexity index is 1250. The van der Waals surface area contributed by atoms with Gasteiger partial charge in [-0.15, -0.1) is 0 Å². The van der Waals surface area contributed by atoms with E-state index in [9.17, 15) is 70.6 Å². The molecule has 0 aliphatic carbocycles. The predicted molar refractivity (Wildman–Crippen MR) is 169 cm³/mol. The Balaban J connectivity index is 1.60. The molecular weight excluding hydrogens is 738 g/mol. The van der Waals surface area contributed by atoms with E-state index in [2.05, 4.69) is 16.0 Å². The SMILES string of the molecule is CC(=O)N[C@@H]1[C@@H](O[C@@H]2O[C@H](CO)[C@@H](O[C@@H]3O[C@H](CO)[C@H](O)[C@H](O[C@@H]4O[C@H](CO)[C@@H](O)[C@H](O)[C@H]4NC(C)=O)[C@H]3O)[C@H](O)[C@H]2NC(C)=O)[C@@H](O)[C@@H](CO)O[C@H]1O. The summed E-state index contributed by atoms with van der Waals surface area (Å²) in [4.78, 5) is 36.1. The summed E-state index contributed by atoms with van der Waals surface area (Å²) in [5.74, 6) is -2.14. The lowest BCUT2D eigenvalue weighted by molar-refractivity contribution is -0.373. The second kappa shape index (κ2) is 19.2. The minimum absolute atomic E-state index is 0.682. The second-order valence-corrected chi connectivity index (χ2v) is 13.3. The summed E-state index contributed by atoms with van der Waals surface area (Å²) in [6.07, 6.45) is -29.4. The summed E-state index contributed by atoms with van der Waals surface area (Å²) in [7, 11) is 0. The third kappa shape index (κ3) is 9.79. The van der Waals surface area contributed by atoms with Crippen molar-refractivity contribution in [2.75, 3.05) is 26.4 Å². The van der Waals surface area contributed by atoms with E-state index in [1.807, 2.05) is 0 Å². The van der Waals surface area contributed by atoms with E-state index in [0.717, 1.165) is 20.8 Å². The smallest absolute Gasteiger partial charge is 0.217 e. The van der Waals surface area contributed by atoms with E-state index in [1.165, 1.54) is 0 Å². The summed E-state index contributed by atoms with van der Waals surface area (Å²) in [6, 6.07) is -4.59. The molecule has 0 bridgehead atoms. The largest absolute Gasteiger partial charge is 0.394 e. The highest BCUT2D eigenvalue weighted by Gasteiger charge is 2.56. The summed E-state index contributed by atoms with van der Waals surface area (Å²) in [5, 5.41) is 123. The predicted octanol–water partition coefficient (Wildman–Crippen LogP) is -9.32. The van der Waals surface area contributed by atoms with Gasteiger partial charge in [0.05, 0.1) is 26.4 Å². The number of carbonyl (C=O) groups excluding carboxylic acids is 3. The molecule has 4 aliphatic heterocycles. The molecule has 3 amide bonds. The number of ether oxygens (including phenoxy) is 7. The van der Waals surface area contributed by atoms with Crippen LogP contribution in [0.1, 0.15) is 20.8 Å². The molecule has 312 valence electrons. The van der Waals surface area contributed by atoms with E-state index < -0.39 is 167 Å². The fraction of sp³-hybridized carbons (Fsp3) is 0.900. The zero-order valence-corrected chi connectivity index (χ0v) is 29.4. The Kier molecular flexibility index (Phi) is 15.8. The summed E-state index contributed by atoms with van der Waals surface area (Å²) >= 11 is 0. The molecule has 24 heteroatoms. The van der Waals surface area contributed by atoms with Crippen molar-refractivity contribution in [2.24, 2.45) is 0 Å². The number of aliphatic hydroxyl groups is 11. The number of carbonyl (C=O) groups is 3. The Labute approximate surface area is 307 Å². The second-order valence-electron chi connectivity index (χ2n) is 13.3. The fourth-order valence-corrected chi connectivity index (χ4v) is 6.75. The average molecular weight is 790 g/mol. The lowest BCUT2D eigenvalue weighted by Gasteiger charge is -2.50. The molecular formula is C30H51N3O21. The highest BCUT2D eigenvalue weighted by atomic mass is 16.8. The minimum atomic E-state index is -2.05. The molecule has 4 saturated heterocycles. The molecule has 4 aliphatic rings. The number of aliphatic hydroxyl groups excluding tert-OH is 11. The van der Waals surface area contributed by atoms with Crippen molar-refractivity contribution in [2.45, 2.75) is 143 Å². The van der Waals surface area contributed by atoms with Crippen LogP contribution in [-0.2, 0) is 47.5 Å². The van der Waals surface area contributed by atoms with Gasteiger partial charge in [-0.2, -0.15) is 0 Å². The van der Waals surface area contributed by atoms with Crippen molar-refractivity contribution in [3.63, 3.8) is 0 Å². The fourth-order valence-electron chi connectivity index (χ4n) is 6.75. The molecule has 0 aromatic carbocycles. The maximum Gasteiger partial charge on any atom is 0.217 e. The van der Waals surface area contributed by atoms with Crippen molar-refractivity contribution in [3.05, 3.63) is 0 Å². The maximum absolute atomic E-state index is 12.3. The molecule has 4 rings (SSSR count). The Morgan fingerprint density at radius 3 is 1.35 bits per heavy atom. The van der Waals surface area contributed by atoms with Crippen LogP contribution < -0.4 is 16.0 Å². The summed E-state index contributed by atoms with van der Waals surface area (Å²) in [5.41, 5.74) is 0. The molecule has 0 radical (unpaired) electrons. The normalized spacial score (nSPS) is 45.7. The van der Waals surface area contributed by atoms with Gasteiger partial charge in [0.15, 0.2) is 25.2 Å². The van der Waals surface area contributed by atoms with Crippen molar-refractivity contribution >= 4 is 17.7 Å². The van der Waals surface area contributed by atoms with Gasteiger partial charge in [0, 0.05) is 20.8 Å². The number of rotatable bonds is 13. The Morgan fingerprint density at radius 2 is 0.833 bits per heavy atom. The van der Waals surface area contributed by atoms with Crippen LogP contribution in [0.5, 0.6) is 0 Å². The van der Waals surface area contributed by atoms with Gasteiger partial charge >= 0.3 is 0 Å². The van der Waals surface area contributed by atoms with Crippen molar-refractivity contribution < 1.29 is 104 Å². The van der Waals surface area contributed by atoms with E-state index >= 15 is 0 Å². The average Bonchev–Trinajstić information content (AvgIpc) is 3.11. The van der Waals surface area contributed by atoms with Gasteiger partial charge in [-0.3, -0.25) is 14.4 Å². The van der Waals surface area contributed by atoms with Crippen LogP contribution in [0.4, 0.5) is 0 Å². The van der Waals surface area contributed by atoms with Gasteiger partial charge < -0.3 is 105 Å². The van der Waals surface area contributed by atoms with E-state index in [4.69, 9.17) is 33.2 Å². The van der Waals surface area contributed by atoms with Gasteiger partial charge in [0.25, 0.3) is 0 Å². The number of hydrogen-bond donors (Lipinski definition) is 14. The van der Waals surface area contributed by atoms with Crippen LogP contribution in [0.25, 0.3) is 0 Å². The quantitative estimate of drug-likeness (QED) is 0.0823. The first-order valence-corrected chi connectivity index (χ1v) is 17.1. The standard InChI is InChI=1S/C30H51N3O21/c1-8(38)31-15-21(44)18(41)11(4-34)49-28(15)54-26-20(43)13(6-36)50-30(23(26)46)52-24-14(7-37)51-29(16(22(24)45)32-9(2)39)53-25-17(33-10(3)40)27(47)48-12(5-35)19(25)42/h11-30,34-37,41-47H,4-7H2,1-3H3,(H,31,38)(H,32,39)(H,33,40)/t11-,12-,13-,14-,15-,16-,17-,18-,19+,20+,21-,22-,23-,24-,25-,26+,27-,28+,29+,30+/m1/s1. The third-order valence-electron chi connectivity index (χ3n) is 9.41. The van der Waals surface area contributed by atoms with Crippen LogP contribution in [0.2, 0.25) is 0 Å². The molecule has 4 heterocycles. The monoisotopic (exact) mass is 789 g/mol. The van der Waals surface area contributed by atoms with Crippen molar-refractivity contribution in [1.29, 1.82) is 0 Å². The first-order valence-electron chi connectivity index (χ1n) is 17.1. The molecule has 20 atom stereocenters. The lowest BCUT2D eigenvalue weighted by atomic mass is 9.93. The van der Waals surface area contributed by atoms with Crippen LogP contribution in [0, 0.1) is 0 Å². The third-order valence-corrected chi connectivity index (χ3v) is 9.41. The van der Waals surface area contributed by atoms with Crippen LogP contribution >= 0.6 is 0 Å². The molecule has 0 aromatic rings. The molecule has 24 nitrogen and oxygen atoms in total. The zero-order chi connectivity index (χ0) is 40.2. The summed E-state index contributed by atoms with van der Waals surface area (Å²) in [6.45, 7) is -0.217. The number of hydrogen-bond acceptors (Lipinski definition) is 21. The van der Waals surface area contributed by atoms with Crippen LogP contribution in [0.15, 0.2) is 0 Å². The molecule has 0 aromatic heterocycles. The van der Waals surface area contributed by atoms with E-state index in [0.29, 0.717) is 0 Å². The van der Waals surface area contributed by atoms with Crippen LogP contribution in [0.3, 0.4) is 0 Å². The van der Waals surface area contributed by atoms with Gasteiger partial charge in [0.1, 0.15) is 97.5 Å². The maximum atomic E-state index is 12.3. The van der Waals surface area contributed by atoms with E-state index in [1.54, 1.807) is 0 Å². The summed E-state index contributed by atoms with van der Waals surface area (Å²) < 4.78 is 39.7. The first kappa shape index (κ1) is 44.4. The van der Waals surface area contributed by atoms with Crippen LogP contribution in [-0.4, -0.2) is 223 Å². The lowest BCUT2D eigenvalue weighted by Crippen LogP contribution is -2.71. The van der Waals surface area contributed by atoms with Gasteiger partial charge in [-0.05, 0) is 0 Å². The first-order chi connectivity index (χ1) is 25.5. The zero-order valence-electron chi connectivity index (χ0n) is 29.4. The van der Waals surface area contributed by atoms with E-state index in [-0.39, 0.29) is 0 Å². The molecule has 54 heavy (non-hydrogen) atoms. The van der Waals surface area contributed by atoms with Crippen molar-refractivity contribution in [1.82, 2.24) is 16.0 Å². The Hall–Kier alpha value is -2.31. The topological polar surface area (TPSA) is 374 Å². The highest BCUT2D eigenvalue weighted by molar-refractivity contribution is 5.74. The Morgan fingerprint density at radius 1 is 0.444 bits per heavy atom. The van der Waals surface area contributed by atoms with Gasteiger partial charge in [0.2, 0.25) is 17.7 Å².